The van der Waals surface area contributed by atoms with Crippen LogP contribution in [0.4, 0.5) is 5.69 Å². The number of nitro groups is 1. The lowest BCUT2D eigenvalue weighted by atomic mass is 10.2. The molecule has 0 amide bonds. The van der Waals surface area contributed by atoms with E-state index in [0.717, 1.165) is 4.68 Å². The number of terminal acetylenes is 1. The third-order valence-corrected chi connectivity index (χ3v) is 2.39. The summed E-state index contributed by atoms with van der Waals surface area (Å²) in [7, 11) is 0. The first-order chi connectivity index (χ1) is 8.63. The van der Waals surface area contributed by atoms with Crippen molar-refractivity contribution in [3.63, 3.8) is 0 Å². The van der Waals surface area contributed by atoms with Crippen LogP contribution in [0.25, 0.3) is 10.9 Å². The van der Waals surface area contributed by atoms with Crippen LogP contribution in [0.15, 0.2) is 23.0 Å². The van der Waals surface area contributed by atoms with Crippen LogP contribution in [-0.4, -0.2) is 19.9 Å². The van der Waals surface area contributed by atoms with Crippen LogP contribution in [0.1, 0.15) is 6.42 Å². The van der Waals surface area contributed by atoms with Gasteiger partial charge in [0.05, 0.1) is 16.9 Å². The molecule has 0 aliphatic carbocycles. The van der Waals surface area contributed by atoms with Crippen LogP contribution in [0.5, 0.6) is 0 Å². The summed E-state index contributed by atoms with van der Waals surface area (Å²) in [6, 6.07) is 3.85. The van der Waals surface area contributed by atoms with E-state index in [9.17, 15) is 14.9 Å². The molecule has 90 valence electrons. The van der Waals surface area contributed by atoms with Crippen LogP contribution in [0.3, 0.4) is 0 Å². The highest BCUT2D eigenvalue weighted by molar-refractivity contribution is 5.79. The van der Waals surface area contributed by atoms with Gasteiger partial charge in [0.2, 0.25) is 0 Å². The highest BCUT2D eigenvalue weighted by Crippen LogP contribution is 2.15. The van der Waals surface area contributed by atoms with Gasteiger partial charge in [-0.05, 0) is 6.07 Å². The average Bonchev–Trinajstić information content (AvgIpc) is 2.37. The highest BCUT2D eigenvalue weighted by Gasteiger charge is 2.10. The van der Waals surface area contributed by atoms with E-state index in [4.69, 9.17) is 6.42 Å². The Labute approximate surface area is 101 Å². The number of rotatable bonds is 3. The summed E-state index contributed by atoms with van der Waals surface area (Å²) in [4.78, 5) is 22.0. The summed E-state index contributed by atoms with van der Waals surface area (Å²) >= 11 is 0. The number of non-ortho nitro benzene ring substituents is 1. The van der Waals surface area contributed by atoms with Gasteiger partial charge in [-0.25, -0.2) is 4.68 Å². The normalized spacial score (nSPS) is 10.2. The van der Waals surface area contributed by atoms with Gasteiger partial charge in [0, 0.05) is 18.6 Å². The van der Waals surface area contributed by atoms with Crippen LogP contribution in [0, 0.1) is 22.5 Å². The second-order valence-corrected chi connectivity index (χ2v) is 3.53. The number of hydrogen-bond donors (Lipinski definition) is 0. The second-order valence-electron chi connectivity index (χ2n) is 3.53. The molecule has 0 aliphatic heterocycles. The van der Waals surface area contributed by atoms with E-state index >= 15 is 0 Å². The Balaban J connectivity index is 2.56. The lowest BCUT2D eigenvalue weighted by Gasteiger charge is -2.02. The molecule has 1 aromatic heterocycles. The predicted molar refractivity (Wildman–Crippen MR) is 63.9 cm³/mol. The van der Waals surface area contributed by atoms with Crippen molar-refractivity contribution in [3.05, 3.63) is 38.7 Å². The lowest BCUT2D eigenvalue weighted by molar-refractivity contribution is -0.384. The maximum atomic E-state index is 11.9. The number of aromatic nitrogens is 3. The van der Waals surface area contributed by atoms with Gasteiger partial charge in [-0.3, -0.25) is 14.9 Å². The maximum Gasteiger partial charge on any atom is 0.277 e. The van der Waals surface area contributed by atoms with Crippen LogP contribution in [0.2, 0.25) is 0 Å². The minimum absolute atomic E-state index is 0.127. The molecular weight excluding hydrogens is 236 g/mol. The smallest absolute Gasteiger partial charge is 0.267 e. The molecule has 0 atom stereocenters. The maximum absolute atomic E-state index is 11.9. The summed E-state index contributed by atoms with van der Waals surface area (Å²) in [5, 5.41) is 18.3. The number of benzene rings is 1. The quantitative estimate of drug-likeness (QED) is 0.450. The van der Waals surface area contributed by atoms with Gasteiger partial charge in [0.25, 0.3) is 11.2 Å². The van der Waals surface area contributed by atoms with Crippen molar-refractivity contribution in [2.45, 2.75) is 13.0 Å². The monoisotopic (exact) mass is 244 g/mol. The molecule has 2 rings (SSSR count). The number of nitrogens with zero attached hydrogens (tertiary/aromatic N) is 4. The Morgan fingerprint density at radius 1 is 1.50 bits per heavy atom. The van der Waals surface area contributed by atoms with Crippen LogP contribution < -0.4 is 5.56 Å². The molecule has 2 aromatic rings. The van der Waals surface area contributed by atoms with E-state index in [1.165, 1.54) is 18.2 Å². The molecule has 1 aromatic carbocycles. The Bertz CT molecular complexity index is 714. The molecule has 7 nitrogen and oxygen atoms in total. The van der Waals surface area contributed by atoms with Crippen molar-refractivity contribution < 1.29 is 4.92 Å². The van der Waals surface area contributed by atoms with Gasteiger partial charge in [-0.2, -0.15) is 0 Å². The lowest BCUT2D eigenvalue weighted by Crippen LogP contribution is -2.24. The first-order valence-electron chi connectivity index (χ1n) is 5.09. The zero-order valence-electron chi connectivity index (χ0n) is 9.24. The standard InChI is InChI=1S/C11H8N4O3/c1-2-3-6-14-11(16)9-5-4-8(15(17)18)7-10(9)12-13-14/h1,4-5,7H,3,6H2. The molecule has 0 N–H and O–H groups in total. The molecule has 7 heteroatoms. The molecule has 0 radical (unpaired) electrons. The number of nitro benzene ring substituents is 1. The fourth-order valence-electron chi connectivity index (χ4n) is 1.50. The molecule has 1 heterocycles. The molecule has 0 bridgehead atoms. The topological polar surface area (TPSA) is 90.9 Å². The Morgan fingerprint density at radius 2 is 2.28 bits per heavy atom. The van der Waals surface area contributed by atoms with Gasteiger partial charge >= 0.3 is 0 Å². The largest absolute Gasteiger partial charge is 0.277 e. The fourth-order valence-corrected chi connectivity index (χ4v) is 1.50. The Morgan fingerprint density at radius 3 is 2.94 bits per heavy atom. The first-order valence-corrected chi connectivity index (χ1v) is 5.09. The van der Waals surface area contributed by atoms with Crippen molar-refractivity contribution in [2.75, 3.05) is 0 Å². The summed E-state index contributed by atoms with van der Waals surface area (Å²) in [5.41, 5.74) is -0.283. The summed E-state index contributed by atoms with van der Waals surface area (Å²) in [6.07, 6.45) is 5.47. The minimum atomic E-state index is -0.551. The summed E-state index contributed by atoms with van der Waals surface area (Å²) in [6.45, 7) is 0.273. The number of aryl methyl sites for hydroxylation is 1. The van der Waals surface area contributed by atoms with Crippen LogP contribution in [-0.2, 0) is 6.54 Å². The summed E-state index contributed by atoms with van der Waals surface area (Å²) in [5.74, 6) is 2.40. The molecule has 0 fully saturated rings. The molecule has 0 unspecified atom stereocenters. The van der Waals surface area contributed by atoms with E-state index in [2.05, 4.69) is 16.2 Å². The zero-order valence-corrected chi connectivity index (χ0v) is 9.24. The van der Waals surface area contributed by atoms with Gasteiger partial charge in [0.15, 0.2) is 0 Å². The molecule has 0 aliphatic rings. The van der Waals surface area contributed by atoms with Crippen molar-refractivity contribution in [1.82, 2.24) is 15.0 Å². The van der Waals surface area contributed by atoms with E-state index in [1.54, 1.807) is 0 Å². The molecule has 0 spiro atoms. The van der Waals surface area contributed by atoms with Gasteiger partial charge in [0.1, 0.15) is 5.52 Å². The third-order valence-electron chi connectivity index (χ3n) is 2.39. The average molecular weight is 244 g/mol. The van der Waals surface area contributed by atoms with E-state index in [-0.39, 0.29) is 28.7 Å². The Hall–Kier alpha value is -2.75. The minimum Gasteiger partial charge on any atom is -0.267 e. The van der Waals surface area contributed by atoms with Gasteiger partial charge in [-0.1, -0.05) is 5.21 Å². The van der Waals surface area contributed by atoms with Gasteiger partial charge < -0.3 is 0 Å². The van der Waals surface area contributed by atoms with E-state index in [1.807, 2.05) is 0 Å². The van der Waals surface area contributed by atoms with Crippen molar-refractivity contribution >= 4 is 16.6 Å². The molecule has 18 heavy (non-hydrogen) atoms. The second kappa shape index (κ2) is 4.63. The van der Waals surface area contributed by atoms with E-state index in [0.29, 0.717) is 6.42 Å². The predicted octanol–water partition coefficient (Wildman–Crippen LogP) is 0.723. The number of fused-ring (bicyclic) bond motifs is 1. The Kier molecular flexibility index (Phi) is 3.02. The number of hydrogen-bond acceptors (Lipinski definition) is 5. The third kappa shape index (κ3) is 2.04. The van der Waals surface area contributed by atoms with Crippen molar-refractivity contribution in [3.8, 4) is 12.3 Å². The van der Waals surface area contributed by atoms with Crippen molar-refractivity contribution in [1.29, 1.82) is 0 Å². The molecule has 0 saturated carbocycles. The SMILES string of the molecule is C#CCCn1nnc2cc([N+](=O)[O-])ccc2c1=O. The fraction of sp³-hybridized carbons (Fsp3) is 0.182. The van der Waals surface area contributed by atoms with Crippen molar-refractivity contribution in [2.24, 2.45) is 0 Å². The zero-order chi connectivity index (χ0) is 13.1. The molecule has 0 saturated heterocycles. The van der Waals surface area contributed by atoms with Crippen LogP contribution >= 0.6 is 0 Å². The summed E-state index contributed by atoms with van der Waals surface area (Å²) < 4.78 is 1.15. The highest BCUT2D eigenvalue weighted by atomic mass is 16.6. The first kappa shape index (κ1) is 11.7. The van der Waals surface area contributed by atoms with E-state index < -0.39 is 4.92 Å². The van der Waals surface area contributed by atoms with Gasteiger partial charge in [-0.15, -0.1) is 17.4 Å². The molecular formula is C11H8N4O3.